The summed E-state index contributed by atoms with van der Waals surface area (Å²) in [5.74, 6) is 0.763. The number of unbranched alkanes of at least 4 members (excludes halogenated alkanes) is 1. The molecule has 1 aliphatic rings. The van der Waals surface area contributed by atoms with Crippen LogP contribution >= 0.6 is 21.6 Å². The van der Waals surface area contributed by atoms with E-state index in [9.17, 15) is 0 Å². The molecule has 14 heavy (non-hydrogen) atoms. The predicted octanol–water partition coefficient (Wildman–Crippen LogP) is 5.04. The Labute approximate surface area is 96.0 Å². The van der Waals surface area contributed by atoms with Crippen molar-refractivity contribution in [2.45, 2.75) is 44.8 Å². The van der Waals surface area contributed by atoms with Crippen molar-refractivity contribution < 1.29 is 0 Å². The maximum Gasteiger partial charge on any atom is 0.0397 e. The molecule has 0 radical (unpaired) electrons. The second-order valence-corrected chi connectivity index (χ2v) is 6.01. The molecule has 1 heterocycles. The van der Waals surface area contributed by atoms with Crippen LogP contribution in [0.5, 0.6) is 0 Å². The van der Waals surface area contributed by atoms with Gasteiger partial charge in [-0.25, -0.2) is 0 Å². The minimum atomic E-state index is 0.705. The van der Waals surface area contributed by atoms with Crippen LogP contribution in [0.25, 0.3) is 0 Å². The Kier molecular flexibility index (Phi) is 6.54. The Morgan fingerprint density at radius 3 is 2.86 bits per heavy atom. The number of allylic oxidation sites excluding steroid dienone is 2. The smallest absolute Gasteiger partial charge is 0.0397 e. The van der Waals surface area contributed by atoms with E-state index in [4.69, 9.17) is 0 Å². The quantitative estimate of drug-likeness (QED) is 0.478. The molecule has 2 heteroatoms. The van der Waals surface area contributed by atoms with E-state index in [0.29, 0.717) is 5.25 Å². The minimum Gasteiger partial charge on any atom is -0.0874 e. The molecule has 0 aromatic rings. The van der Waals surface area contributed by atoms with Crippen LogP contribution in [0.15, 0.2) is 23.6 Å². The first-order valence-corrected chi connectivity index (χ1v) is 7.81. The van der Waals surface area contributed by atoms with E-state index in [0.717, 1.165) is 5.92 Å². The fourth-order valence-electron chi connectivity index (χ4n) is 1.58. The van der Waals surface area contributed by atoms with Crippen LogP contribution in [0, 0.1) is 5.92 Å². The van der Waals surface area contributed by atoms with Gasteiger partial charge in [0.05, 0.1) is 0 Å². The van der Waals surface area contributed by atoms with Crippen LogP contribution in [0.2, 0.25) is 0 Å². The molecule has 0 spiro atoms. The highest BCUT2D eigenvalue weighted by atomic mass is 33.1. The average molecular weight is 228 g/mol. The first-order valence-electron chi connectivity index (χ1n) is 5.54. The lowest BCUT2D eigenvalue weighted by Gasteiger charge is -2.23. The van der Waals surface area contributed by atoms with Crippen molar-refractivity contribution in [3.05, 3.63) is 23.6 Å². The molecule has 0 aliphatic carbocycles. The predicted molar refractivity (Wildman–Crippen MR) is 70.6 cm³/mol. The SMILES string of the molecule is CCCC=CC1SSC=CC1CCC. The van der Waals surface area contributed by atoms with Gasteiger partial charge in [0.1, 0.15) is 0 Å². The number of hydrogen-bond donors (Lipinski definition) is 0. The summed E-state index contributed by atoms with van der Waals surface area (Å²) in [6.45, 7) is 4.50. The van der Waals surface area contributed by atoms with Crippen LogP contribution in [0.4, 0.5) is 0 Å². The number of rotatable bonds is 5. The second kappa shape index (κ2) is 7.47. The summed E-state index contributed by atoms with van der Waals surface area (Å²) in [5.41, 5.74) is 0. The van der Waals surface area contributed by atoms with Crippen molar-refractivity contribution in [2.75, 3.05) is 0 Å². The monoisotopic (exact) mass is 228 g/mol. The van der Waals surface area contributed by atoms with Crippen molar-refractivity contribution in [2.24, 2.45) is 5.92 Å². The van der Waals surface area contributed by atoms with Gasteiger partial charge in [-0.15, -0.1) is 0 Å². The summed E-state index contributed by atoms with van der Waals surface area (Å²) in [4.78, 5) is 0. The molecule has 80 valence electrons. The molecule has 0 bridgehead atoms. The summed E-state index contributed by atoms with van der Waals surface area (Å²) in [5, 5.41) is 2.95. The van der Waals surface area contributed by atoms with E-state index < -0.39 is 0 Å². The Bertz CT molecular complexity index is 196. The molecular weight excluding hydrogens is 208 g/mol. The summed E-state index contributed by atoms with van der Waals surface area (Å²) in [7, 11) is 3.88. The Hall–Kier alpha value is 0.180. The summed E-state index contributed by atoms with van der Waals surface area (Å²) < 4.78 is 0. The van der Waals surface area contributed by atoms with Crippen LogP contribution in [-0.2, 0) is 0 Å². The zero-order valence-corrected chi connectivity index (χ0v) is 10.7. The first kappa shape index (κ1) is 12.3. The van der Waals surface area contributed by atoms with E-state index in [1.54, 1.807) is 0 Å². The van der Waals surface area contributed by atoms with Crippen molar-refractivity contribution >= 4 is 21.6 Å². The zero-order chi connectivity index (χ0) is 10.2. The maximum atomic E-state index is 2.41. The maximum absolute atomic E-state index is 2.41. The van der Waals surface area contributed by atoms with Gasteiger partial charge < -0.3 is 0 Å². The molecule has 0 aromatic carbocycles. The molecule has 0 fully saturated rings. The molecule has 0 nitrogen and oxygen atoms in total. The molecule has 2 atom stereocenters. The fourth-order valence-corrected chi connectivity index (χ4v) is 3.97. The molecule has 0 N–H and O–H groups in total. The van der Waals surface area contributed by atoms with Crippen molar-refractivity contribution in [1.82, 2.24) is 0 Å². The van der Waals surface area contributed by atoms with E-state index in [1.165, 1.54) is 25.7 Å². The lowest BCUT2D eigenvalue weighted by Crippen LogP contribution is -2.13. The lowest BCUT2D eigenvalue weighted by molar-refractivity contribution is 0.599. The Morgan fingerprint density at radius 2 is 2.14 bits per heavy atom. The molecular formula is C12H20S2. The average Bonchev–Trinajstić information content (AvgIpc) is 2.21. The second-order valence-electron chi connectivity index (χ2n) is 3.65. The first-order chi connectivity index (χ1) is 6.88. The third kappa shape index (κ3) is 4.14. The molecule has 1 rings (SSSR count). The highest BCUT2D eigenvalue weighted by Crippen LogP contribution is 2.40. The van der Waals surface area contributed by atoms with Crippen LogP contribution < -0.4 is 0 Å². The summed E-state index contributed by atoms with van der Waals surface area (Å²) >= 11 is 0. The fraction of sp³-hybridized carbons (Fsp3) is 0.667. The van der Waals surface area contributed by atoms with Crippen LogP contribution in [-0.4, -0.2) is 5.25 Å². The van der Waals surface area contributed by atoms with E-state index in [2.05, 4.69) is 37.5 Å². The van der Waals surface area contributed by atoms with Crippen molar-refractivity contribution in [3.8, 4) is 0 Å². The molecule has 0 saturated carbocycles. The largest absolute Gasteiger partial charge is 0.0874 e. The summed E-state index contributed by atoms with van der Waals surface area (Å²) in [6, 6.07) is 0. The van der Waals surface area contributed by atoms with Gasteiger partial charge in [-0.3, -0.25) is 0 Å². The van der Waals surface area contributed by atoms with Gasteiger partial charge in [0.2, 0.25) is 0 Å². The third-order valence-corrected chi connectivity index (χ3v) is 4.81. The van der Waals surface area contributed by atoms with Crippen molar-refractivity contribution in [1.29, 1.82) is 0 Å². The normalized spacial score (nSPS) is 27.3. The highest BCUT2D eigenvalue weighted by Gasteiger charge is 2.19. The van der Waals surface area contributed by atoms with E-state index in [-0.39, 0.29) is 0 Å². The third-order valence-electron chi connectivity index (χ3n) is 2.37. The van der Waals surface area contributed by atoms with Gasteiger partial charge in [0, 0.05) is 5.25 Å². The van der Waals surface area contributed by atoms with Crippen molar-refractivity contribution in [3.63, 3.8) is 0 Å². The lowest BCUT2D eigenvalue weighted by atomic mass is 9.99. The zero-order valence-electron chi connectivity index (χ0n) is 9.11. The summed E-state index contributed by atoms with van der Waals surface area (Å²) in [6.07, 6.45) is 12.2. The molecule has 2 unspecified atom stereocenters. The van der Waals surface area contributed by atoms with E-state index >= 15 is 0 Å². The molecule has 0 aromatic heterocycles. The molecule has 0 amide bonds. The van der Waals surface area contributed by atoms with Gasteiger partial charge in [-0.2, -0.15) is 0 Å². The molecule has 0 saturated heterocycles. The highest BCUT2D eigenvalue weighted by molar-refractivity contribution is 8.78. The number of hydrogen-bond acceptors (Lipinski definition) is 2. The van der Waals surface area contributed by atoms with Gasteiger partial charge in [0.25, 0.3) is 0 Å². The van der Waals surface area contributed by atoms with Gasteiger partial charge in [0.15, 0.2) is 0 Å². The minimum absolute atomic E-state index is 0.705. The Morgan fingerprint density at radius 1 is 1.29 bits per heavy atom. The van der Waals surface area contributed by atoms with Crippen LogP contribution in [0.1, 0.15) is 39.5 Å². The topological polar surface area (TPSA) is 0 Å². The molecule has 1 aliphatic heterocycles. The van der Waals surface area contributed by atoms with Gasteiger partial charge in [-0.05, 0) is 24.2 Å². The van der Waals surface area contributed by atoms with Gasteiger partial charge in [-0.1, -0.05) is 66.5 Å². The van der Waals surface area contributed by atoms with Gasteiger partial charge >= 0.3 is 0 Å². The van der Waals surface area contributed by atoms with Crippen LogP contribution in [0.3, 0.4) is 0 Å². The Balaban J connectivity index is 2.43. The standard InChI is InChI=1S/C12H20S2/c1-3-5-6-8-12-11(7-4-2)9-10-13-14-12/h6,8-12H,3-5,7H2,1-2H3. The van der Waals surface area contributed by atoms with E-state index in [1.807, 2.05) is 21.6 Å².